The highest BCUT2D eigenvalue weighted by Gasteiger charge is 2.16. The van der Waals surface area contributed by atoms with Gasteiger partial charge in [-0.25, -0.2) is 0 Å². The molecule has 2 aromatic heterocycles. The molecule has 0 bridgehead atoms. The zero-order chi connectivity index (χ0) is 21.3. The summed E-state index contributed by atoms with van der Waals surface area (Å²) >= 11 is 0. The first-order valence-corrected chi connectivity index (χ1v) is 9.45. The molecule has 2 N–H and O–H groups in total. The second-order valence-corrected chi connectivity index (χ2v) is 6.38. The Bertz CT molecular complexity index is 978. The van der Waals surface area contributed by atoms with Gasteiger partial charge in [0, 0.05) is 31.9 Å². The number of nitrogens with one attached hydrogen (secondary N) is 2. The zero-order valence-electron chi connectivity index (χ0n) is 16.8. The number of anilines is 4. The Morgan fingerprint density at radius 1 is 0.767 bits per heavy atom. The summed E-state index contributed by atoms with van der Waals surface area (Å²) in [6.45, 7) is 17.6. The molecule has 154 valence electrons. The van der Waals surface area contributed by atoms with Crippen LogP contribution in [-0.4, -0.2) is 56.5 Å². The van der Waals surface area contributed by atoms with E-state index in [1.807, 2.05) is 28.0 Å². The van der Waals surface area contributed by atoms with E-state index >= 15 is 0 Å². The van der Waals surface area contributed by atoms with Gasteiger partial charge in [0.25, 0.3) is 0 Å². The standard InChI is InChI=1S/C21H25N9/c1-5-11-29(12-6-2)20-23-19(24-21(25-20)30(13-7-3)14-8-4)22-16-9-10-17-18(15-16)27-28-26-17/h5-10,15H,1-4,11-14H2,(H,26,27,28)(H,22,23,24,25). The summed E-state index contributed by atoms with van der Waals surface area (Å²) in [5.74, 6) is 1.44. The summed E-state index contributed by atoms with van der Waals surface area (Å²) in [6, 6.07) is 5.64. The molecule has 3 rings (SSSR count). The Morgan fingerprint density at radius 3 is 1.83 bits per heavy atom. The maximum Gasteiger partial charge on any atom is 0.233 e. The second kappa shape index (κ2) is 9.97. The van der Waals surface area contributed by atoms with Crippen molar-refractivity contribution in [1.82, 2.24) is 30.4 Å². The molecule has 0 aliphatic rings. The van der Waals surface area contributed by atoms with Crippen LogP contribution in [0.4, 0.5) is 23.5 Å². The Hall–Kier alpha value is -4.01. The maximum absolute atomic E-state index is 4.66. The van der Waals surface area contributed by atoms with Crippen LogP contribution in [0.3, 0.4) is 0 Å². The summed E-state index contributed by atoms with van der Waals surface area (Å²) in [5.41, 5.74) is 2.32. The maximum atomic E-state index is 4.66. The normalized spacial score (nSPS) is 10.4. The molecule has 0 unspecified atom stereocenters. The molecular weight excluding hydrogens is 378 g/mol. The summed E-state index contributed by atoms with van der Waals surface area (Å²) in [7, 11) is 0. The van der Waals surface area contributed by atoms with Crippen LogP contribution in [0.25, 0.3) is 11.0 Å². The third kappa shape index (κ3) is 4.88. The summed E-state index contributed by atoms with van der Waals surface area (Å²) in [5, 5.41) is 14.0. The highest BCUT2D eigenvalue weighted by atomic mass is 15.4. The molecule has 0 spiro atoms. The van der Waals surface area contributed by atoms with Crippen molar-refractivity contribution in [1.29, 1.82) is 0 Å². The van der Waals surface area contributed by atoms with Crippen LogP contribution in [0.5, 0.6) is 0 Å². The van der Waals surface area contributed by atoms with Gasteiger partial charge in [-0.1, -0.05) is 24.3 Å². The van der Waals surface area contributed by atoms with E-state index in [4.69, 9.17) is 0 Å². The molecule has 0 saturated carbocycles. The molecule has 0 fully saturated rings. The highest BCUT2D eigenvalue weighted by molar-refractivity contribution is 5.79. The van der Waals surface area contributed by atoms with Gasteiger partial charge in [0.05, 0.1) is 0 Å². The van der Waals surface area contributed by atoms with Crippen molar-refractivity contribution in [3.63, 3.8) is 0 Å². The molecule has 2 heterocycles. The van der Waals surface area contributed by atoms with Gasteiger partial charge in [0.15, 0.2) is 0 Å². The number of benzene rings is 1. The average molecular weight is 403 g/mol. The van der Waals surface area contributed by atoms with Crippen LogP contribution in [0.1, 0.15) is 0 Å². The summed E-state index contributed by atoms with van der Waals surface area (Å²) < 4.78 is 0. The molecule has 3 aromatic rings. The van der Waals surface area contributed by atoms with Crippen LogP contribution in [-0.2, 0) is 0 Å². The van der Waals surface area contributed by atoms with Gasteiger partial charge in [-0.15, -0.1) is 26.3 Å². The largest absolute Gasteiger partial charge is 0.333 e. The molecule has 0 aliphatic heterocycles. The van der Waals surface area contributed by atoms with Crippen molar-refractivity contribution in [2.45, 2.75) is 0 Å². The van der Waals surface area contributed by atoms with E-state index in [-0.39, 0.29) is 0 Å². The van der Waals surface area contributed by atoms with Crippen LogP contribution in [0, 0.1) is 0 Å². The van der Waals surface area contributed by atoms with Crippen molar-refractivity contribution in [2.24, 2.45) is 0 Å². The molecule has 0 aliphatic carbocycles. The fraction of sp³-hybridized carbons (Fsp3) is 0.190. The molecule has 0 amide bonds. The van der Waals surface area contributed by atoms with E-state index in [1.165, 1.54) is 0 Å². The van der Waals surface area contributed by atoms with Crippen LogP contribution in [0.15, 0.2) is 68.8 Å². The van der Waals surface area contributed by atoms with Crippen LogP contribution in [0.2, 0.25) is 0 Å². The number of hydrogen-bond donors (Lipinski definition) is 2. The Labute approximate surface area is 175 Å². The second-order valence-electron chi connectivity index (χ2n) is 6.38. The fourth-order valence-corrected chi connectivity index (χ4v) is 2.84. The number of aromatic nitrogens is 6. The van der Waals surface area contributed by atoms with Gasteiger partial charge in [-0.3, -0.25) is 0 Å². The van der Waals surface area contributed by atoms with E-state index in [1.54, 1.807) is 24.3 Å². The van der Waals surface area contributed by atoms with Crippen molar-refractivity contribution in [3.8, 4) is 0 Å². The number of aromatic amines is 1. The lowest BCUT2D eigenvalue weighted by Gasteiger charge is -2.24. The molecule has 0 atom stereocenters. The molecule has 0 saturated heterocycles. The van der Waals surface area contributed by atoms with Gasteiger partial charge >= 0.3 is 0 Å². The first-order chi connectivity index (χ1) is 14.7. The SMILES string of the molecule is C=CCN(CC=C)c1nc(Nc2ccc3n[nH]nc3c2)nc(N(CC=C)CC=C)n1. The predicted molar refractivity (Wildman–Crippen MR) is 122 cm³/mol. The third-order valence-corrected chi connectivity index (χ3v) is 4.15. The molecule has 0 radical (unpaired) electrons. The quantitative estimate of drug-likeness (QED) is 0.445. The van der Waals surface area contributed by atoms with Crippen molar-refractivity contribution in [2.75, 3.05) is 41.3 Å². The number of hydrogen-bond acceptors (Lipinski definition) is 8. The molecule has 9 nitrogen and oxygen atoms in total. The van der Waals surface area contributed by atoms with Crippen molar-refractivity contribution >= 4 is 34.6 Å². The Kier molecular flexibility index (Phi) is 6.88. The van der Waals surface area contributed by atoms with Gasteiger partial charge in [-0.05, 0) is 18.2 Å². The summed E-state index contributed by atoms with van der Waals surface area (Å²) in [6.07, 6.45) is 7.18. The van der Waals surface area contributed by atoms with Crippen LogP contribution >= 0.6 is 0 Å². The Morgan fingerprint density at radius 2 is 1.30 bits per heavy atom. The lowest BCUT2D eigenvalue weighted by molar-refractivity contribution is 0.834. The van der Waals surface area contributed by atoms with E-state index < -0.39 is 0 Å². The molecular formula is C21H25N9. The first kappa shape index (κ1) is 20.7. The topological polar surface area (TPSA) is 98.8 Å². The van der Waals surface area contributed by atoms with Crippen molar-refractivity contribution < 1.29 is 0 Å². The molecule has 1 aromatic carbocycles. The van der Waals surface area contributed by atoms with Gasteiger partial charge in [0.2, 0.25) is 17.8 Å². The smallest absolute Gasteiger partial charge is 0.233 e. The van der Waals surface area contributed by atoms with Crippen LogP contribution < -0.4 is 15.1 Å². The van der Waals surface area contributed by atoms with E-state index in [2.05, 4.69) is 62.0 Å². The van der Waals surface area contributed by atoms with Gasteiger partial charge < -0.3 is 15.1 Å². The number of H-pyrrole nitrogens is 1. The van der Waals surface area contributed by atoms with Gasteiger partial charge in [0.1, 0.15) is 11.0 Å². The third-order valence-electron chi connectivity index (χ3n) is 4.15. The van der Waals surface area contributed by atoms with Gasteiger partial charge in [-0.2, -0.15) is 30.4 Å². The lowest BCUT2D eigenvalue weighted by Crippen LogP contribution is -2.30. The lowest BCUT2D eigenvalue weighted by atomic mass is 10.3. The zero-order valence-corrected chi connectivity index (χ0v) is 16.8. The minimum atomic E-state index is 0.411. The minimum Gasteiger partial charge on any atom is -0.333 e. The van der Waals surface area contributed by atoms with E-state index in [0.717, 1.165) is 16.7 Å². The monoisotopic (exact) mass is 403 g/mol. The molecule has 30 heavy (non-hydrogen) atoms. The number of fused-ring (bicyclic) bond motifs is 1. The number of rotatable bonds is 12. The predicted octanol–water partition coefficient (Wildman–Crippen LogP) is 3.24. The highest BCUT2D eigenvalue weighted by Crippen LogP contribution is 2.22. The average Bonchev–Trinajstić information content (AvgIpc) is 3.21. The van der Waals surface area contributed by atoms with E-state index in [9.17, 15) is 0 Å². The number of nitrogens with zero attached hydrogens (tertiary/aromatic N) is 7. The van der Waals surface area contributed by atoms with Crippen molar-refractivity contribution in [3.05, 3.63) is 68.8 Å². The van der Waals surface area contributed by atoms with E-state index in [0.29, 0.717) is 44.0 Å². The minimum absolute atomic E-state index is 0.411. The summed E-state index contributed by atoms with van der Waals surface area (Å²) in [4.78, 5) is 17.8. The Balaban J connectivity index is 2.02. The molecule has 9 heteroatoms. The first-order valence-electron chi connectivity index (χ1n) is 9.45. The fourth-order valence-electron chi connectivity index (χ4n) is 2.84.